The summed E-state index contributed by atoms with van der Waals surface area (Å²) in [4.78, 5) is 12.7. The second kappa shape index (κ2) is 6.12. The van der Waals surface area contributed by atoms with Gasteiger partial charge in [-0.1, -0.05) is 25.4 Å². The molecule has 0 radical (unpaired) electrons. The highest BCUT2D eigenvalue weighted by molar-refractivity contribution is 9.10. The Morgan fingerprint density at radius 3 is 2.80 bits per heavy atom. The number of benzene rings is 1. The lowest BCUT2D eigenvalue weighted by Gasteiger charge is -2.36. The maximum Gasteiger partial charge on any atom is 0.171 e. The minimum Gasteiger partial charge on any atom is -0.316 e. The zero-order valence-electron chi connectivity index (χ0n) is 11.6. The summed E-state index contributed by atoms with van der Waals surface area (Å²) in [6.45, 7) is 5.56. The Hall–Kier alpha value is -0.450. The monoisotopic (exact) mass is 361 g/mol. The van der Waals surface area contributed by atoms with Gasteiger partial charge >= 0.3 is 0 Å². The normalized spacial score (nSPS) is 19.9. The summed E-state index contributed by atoms with van der Waals surface area (Å²) < 4.78 is 14.7. The van der Waals surface area contributed by atoms with E-state index >= 15 is 0 Å². The van der Waals surface area contributed by atoms with Crippen molar-refractivity contribution in [2.75, 3.05) is 13.1 Å². The van der Waals surface area contributed by atoms with Gasteiger partial charge in [0, 0.05) is 9.89 Å². The van der Waals surface area contributed by atoms with Crippen LogP contribution in [0.1, 0.15) is 37.0 Å². The molecule has 1 aromatic carbocycles. The van der Waals surface area contributed by atoms with Gasteiger partial charge in [-0.25, -0.2) is 4.39 Å². The molecule has 1 fully saturated rings. The van der Waals surface area contributed by atoms with Crippen molar-refractivity contribution in [1.29, 1.82) is 0 Å². The van der Waals surface area contributed by atoms with Gasteiger partial charge in [0.15, 0.2) is 11.6 Å². The van der Waals surface area contributed by atoms with Gasteiger partial charge in [-0.05, 0) is 59.9 Å². The minimum atomic E-state index is -0.636. The van der Waals surface area contributed by atoms with Gasteiger partial charge < -0.3 is 5.32 Å². The second-order valence-corrected chi connectivity index (χ2v) is 7.05. The number of carbonyl (C=O) groups is 1. The van der Waals surface area contributed by atoms with Crippen molar-refractivity contribution in [3.05, 3.63) is 33.0 Å². The summed E-state index contributed by atoms with van der Waals surface area (Å²) in [6.07, 6.45) is 2.03. The third kappa shape index (κ3) is 2.92. The highest BCUT2D eigenvalue weighted by atomic mass is 79.9. The van der Waals surface area contributed by atoms with E-state index in [0.717, 1.165) is 25.9 Å². The SMILES string of the molecule is CC(C)(C(=O)c1ccc(Br)c(Cl)c1F)C1CCCNC1. The molecule has 1 N–H and O–H groups in total. The molecule has 1 aliphatic rings. The van der Waals surface area contributed by atoms with Gasteiger partial charge in [-0.15, -0.1) is 0 Å². The van der Waals surface area contributed by atoms with E-state index in [1.807, 2.05) is 13.8 Å². The summed E-state index contributed by atoms with van der Waals surface area (Å²) >= 11 is 9.04. The first-order valence-corrected chi connectivity index (χ1v) is 7.91. The molecule has 1 saturated heterocycles. The number of piperidine rings is 1. The molecular weight excluding hydrogens is 345 g/mol. The molecule has 1 aromatic rings. The highest BCUT2D eigenvalue weighted by Gasteiger charge is 2.39. The van der Waals surface area contributed by atoms with E-state index in [4.69, 9.17) is 11.6 Å². The number of Topliss-reactive ketones (excluding diaryl/α,β-unsaturated/α-hetero) is 1. The summed E-state index contributed by atoms with van der Waals surface area (Å²) in [6, 6.07) is 3.12. The third-order valence-electron chi connectivity index (χ3n) is 4.18. The molecule has 0 bridgehead atoms. The minimum absolute atomic E-state index is 0.0339. The summed E-state index contributed by atoms with van der Waals surface area (Å²) in [5, 5.41) is 3.27. The molecule has 1 heterocycles. The van der Waals surface area contributed by atoms with Crippen LogP contribution in [0.4, 0.5) is 4.39 Å². The lowest BCUT2D eigenvalue weighted by atomic mass is 9.70. The zero-order chi connectivity index (χ0) is 14.9. The molecule has 1 unspecified atom stereocenters. The van der Waals surface area contributed by atoms with E-state index in [9.17, 15) is 9.18 Å². The van der Waals surface area contributed by atoms with Crippen LogP contribution in [-0.4, -0.2) is 18.9 Å². The topological polar surface area (TPSA) is 29.1 Å². The standard InChI is InChI=1S/C15H18BrClFNO/c1-15(2,9-4-3-7-19-8-9)14(20)10-5-6-11(16)12(17)13(10)18/h5-6,9,19H,3-4,7-8H2,1-2H3. The number of hydrogen-bond donors (Lipinski definition) is 1. The van der Waals surface area contributed by atoms with Crippen LogP contribution in [0.25, 0.3) is 0 Å². The van der Waals surface area contributed by atoms with Crippen molar-refractivity contribution in [2.24, 2.45) is 11.3 Å². The summed E-state index contributed by atoms with van der Waals surface area (Å²) in [7, 11) is 0. The van der Waals surface area contributed by atoms with Crippen LogP contribution in [0.2, 0.25) is 5.02 Å². The largest absolute Gasteiger partial charge is 0.316 e. The molecule has 2 nitrogen and oxygen atoms in total. The van der Waals surface area contributed by atoms with Crippen molar-refractivity contribution in [1.82, 2.24) is 5.32 Å². The number of hydrogen-bond acceptors (Lipinski definition) is 2. The van der Waals surface area contributed by atoms with Crippen LogP contribution in [0.5, 0.6) is 0 Å². The number of rotatable bonds is 3. The van der Waals surface area contributed by atoms with Gasteiger partial charge in [-0.3, -0.25) is 4.79 Å². The van der Waals surface area contributed by atoms with Crippen molar-refractivity contribution in [3.63, 3.8) is 0 Å². The van der Waals surface area contributed by atoms with Crippen LogP contribution in [0.3, 0.4) is 0 Å². The predicted molar refractivity (Wildman–Crippen MR) is 82.8 cm³/mol. The van der Waals surface area contributed by atoms with E-state index in [1.54, 1.807) is 6.07 Å². The van der Waals surface area contributed by atoms with Crippen molar-refractivity contribution in [3.8, 4) is 0 Å². The van der Waals surface area contributed by atoms with E-state index in [2.05, 4.69) is 21.2 Å². The Balaban J connectivity index is 2.32. The maximum atomic E-state index is 14.2. The molecule has 1 atom stereocenters. The molecule has 0 saturated carbocycles. The fourth-order valence-electron chi connectivity index (χ4n) is 2.70. The average molecular weight is 363 g/mol. The first-order chi connectivity index (χ1) is 9.35. The van der Waals surface area contributed by atoms with Crippen molar-refractivity contribution < 1.29 is 9.18 Å². The third-order valence-corrected chi connectivity index (χ3v) is 5.44. The number of halogens is 3. The Labute approximate surface area is 132 Å². The number of carbonyl (C=O) groups excluding carboxylic acids is 1. The van der Waals surface area contributed by atoms with Gasteiger partial charge in [0.05, 0.1) is 10.6 Å². The second-order valence-electron chi connectivity index (χ2n) is 5.82. The molecule has 2 rings (SSSR count). The highest BCUT2D eigenvalue weighted by Crippen LogP contribution is 2.37. The Morgan fingerprint density at radius 1 is 1.50 bits per heavy atom. The van der Waals surface area contributed by atoms with Crippen LogP contribution < -0.4 is 5.32 Å². The first-order valence-electron chi connectivity index (χ1n) is 6.74. The van der Waals surface area contributed by atoms with E-state index in [0.29, 0.717) is 4.47 Å². The molecular formula is C15H18BrClFNO. The molecule has 0 amide bonds. The van der Waals surface area contributed by atoms with Gasteiger partial charge in [-0.2, -0.15) is 0 Å². The lowest BCUT2D eigenvalue weighted by molar-refractivity contribution is 0.0704. The van der Waals surface area contributed by atoms with Crippen LogP contribution in [-0.2, 0) is 0 Å². The summed E-state index contributed by atoms with van der Waals surface area (Å²) in [5.41, 5.74) is -0.528. The van der Waals surface area contributed by atoms with Gasteiger partial charge in [0.25, 0.3) is 0 Å². The average Bonchev–Trinajstić information content (AvgIpc) is 2.45. The Morgan fingerprint density at radius 2 is 2.20 bits per heavy atom. The van der Waals surface area contributed by atoms with E-state index < -0.39 is 11.2 Å². The fraction of sp³-hybridized carbons (Fsp3) is 0.533. The van der Waals surface area contributed by atoms with E-state index in [-0.39, 0.29) is 22.3 Å². The maximum absolute atomic E-state index is 14.2. The molecule has 0 spiro atoms. The molecule has 0 aliphatic carbocycles. The van der Waals surface area contributed by atoms with E-state index in [1.165, 1.54) is 6.07 Å². The molecule has 110 valence electrons. The smallest absolute Gasteiger partial charge is 0.171 e. The van der Waals surface area contributed by atoms with Crippen LogP contribution in [0, 0.1) is 17.2 Å². The lowest BCUT2D eigenvalue weighted by Crippen LogP contribution is -2.42. The van der Waals surface area contributed by atoms with Crippen LogP contribution in [0.15, 0.2) is 16.6 Å². The molecule has 0 aromatic heterocycles. The fourth-order valence-corrected chi connectivity index (χ4v) is 3.17. The first kappa shape index (κ1) is 15.9. The quantitative estimate of drug-likeness (QED) is 0.636. The Bertz CT molecular complexity index is 527. The predicted octanol–water partition coefficient (Wildman–Crippen LogP) is 4.45. The van der Waals surface area contributed by atoms with Crippen molar-refractivity contribution >= 4 is 33.3 Å². The van der Waals surface area contributed by atoms with Gasteiger partial charge in [0.1, 0.15) is 0 Å². The molecule has 1 aliphatic heterocycles. The van der Waals surface area contributed by atoms with Gasteiger partial charge in [0.2, 0.25) is 0 Å². The zero-order valence-corrected chi connectivity index (χ0v) is 13.9. The number of ketones is 1. The van der Waals surface area contributed by atoms with Crippen LogP contribution >= 0.6 is 27.5 Å². The molecule has 20 heavy (non-hydrogen) atoms. The molecule has 5 heteroatoms. The van der Waals surface area contributed by atoms with Crippen molar-refractivity contribution in [2.45, 2.75) is 26.7 Å². The Kier molecular flexibility index (Phi) is 4.88. The number of nitrogens with one attached hydrogen (secondary N) is 1. The summed E-state index contributed by atoms with van der Waals surface area (Å²) in [5.74, 6) is -0.605.